The van der Waals surface area contributed by atoms with Crippen LogP contribution < -0.4 is 0 Å². The van der Waals surface area contributed by atoms with Gasteiger partial charge in [-0.25, -0.2) is 0 Å². The van der Waals surface area contributed by atoms with Gasteiger partial charge in [-0.2, -0.15) is 0 Å². The minimum absolute atomic E-state index is 0. The van der Waals surface area contributed by atoms with Gasteiger partial charge in [0.05, 0.1) is 0 Å². The zero-order valence-electron chi connectivity index (χ0n) is 3.05. The van der Waals surface area contributed by atoms with Gasteiger partial charge < -0.3 is 27.4 Å². The predicted octanol–water partition coefficient (Wildman–Crippen LogP) is -2.56. The molecule has 0 rings (SSSR count). The Labute approximate surface area is 51.0 Å². The molecule has 0 amide bonds. The van der Waals surface area contributed by atoms with Crippen LogP contribution in [0.15, 0.2) is 0 Å². The Bertz CT molecular complexity index is 3.90. The largest absolute Gasteiger partial charge is 2.00 e. The molecule has 0 spiro atoms. The van der Waals surface area contributed by atoms with Gasteiger partial charge in [0.15, 0.2) is 0 Å². The fourth-order valence-electron chi connectivity index (χ4n) is 0. The Morgan fingerprint density at radius 1 is 0.500 bits per heavy atom. The molecule has 40 valence electrons. The van der Waals surface area contributed by atoms with Crippen molar-refractivity contribution in [2.24, 2.45) is 0 Å². The van der Waals surface area contributed by atoms with Crippen molar-refractivity contribution in [2.45, 2.75) is 0 Å². The smallest absolute Gasteiger partial charge is 0.870 e. The molecule has 0 aliphatic rings. The Hall–Kier alpha value is 0.566. The Balaban J connectivity index is 0. The molecular weight excluding hydrogens is 104 g/mol. The summed E-state index contributed by atoms with van der Waals surface area (Å²) in [5.74, 6) is 0. The zero-order valence-corrected chi connectivity index (χ0v) is 4.46. The molecule has 0 radical (unpaired) electrons. The predicted molar refractivity (Wildman–Crippen MR) is 18.8 cm³/mol. The minimum Gasteiger partial charge on any atom is -0.870 e. The van der Waals surface area contributed by atoms with E-state index in [4.69, 9.17) is 0 Å². The molecule has 0 fully saturated rings. The van der Waals surface area contributed by atoms with Crippen molar-refractivity contribution in [3.8, 4) is 0 Å². The summed E-state index contributed by atoms with van der Waals surface area (Å²) in [4.78, 5) is 0. The molecule has 0 saturated heterocycles. The molecular formula is H7MgO5-. The van der Waals surface area contributed by atoms with Crippen LogP contribution in [0.4, 0.5) is 0 Å². The van der Waals surface area contributed by atoms with Crippen LogP contribution >= 0.6 is 0 Å². The normalized spacial score (nSPS) is 0. The Morgan fingerprint density at radius 2 is 0.500 bits per heavy atom. The molecule has 0 atom stereocenters. The average molecular weight is 111 g/mol. The molecule has 6 heteroatoms. The van der Waals surface area contributed by atoms with Crippen LogP contribution in [0.5, 0.6) is 0 Å². The zero-order chi connectivity index (χ0) is 0. The van der Waals surface area contributed by atoms with E-state index < -0.39 is 0 Å². The second-order valence-corrected chi connectivity index (χ2v) is 0. The van der Waals surface area contributed by atoms with E-state index in [1.54, 1.807) is 0 Å². The Kier molecular flexibility index (Phi) is 38300. The van der Waals surface area contributed by atoms with E-state index in [9.17, 15) is 0 Å². The van der Waals surface area contributed by atoms with Crippen molar-refractivity contribution in [3.63, 3.8) is 0 Å². The maximum absolute atomic E-state index is 0. The summed E-state index contributed by atoms with van der Waals surface area (Å²) in [6.07, 6.45) is 0. The molecule has 0 aromatic carbocycles. The van der Waals surface area contributed by atoms with E-state index >= 15 is 0 Å². The second-order valence-electron chi connectivity index (χ2n) is 0. The van der Waals surface area contributed by atoms with Crippen LogP contribution in [0, 0.1) is 0 Å². The van der Waals surface area contributed by atoms with Crippen molar-refractivity contribution in [3.05, 3.63) is 0 Å². The molecule has 0 aliphatic heterocycles. The van der Waals surface area contributed by atoms with Gasteiger partial charge in [0.25, 0.3) is 0 Å². The van der Waals surface area contributed by atoms with E-state index in [0.717, 1.165) is 0 Å². The van der Waals surface area contributed by atoms with Crippen LogP contribution in [0.25, 0.3) is 0 Å². The third kappa shape index (κ3) is 181. The maximum atomic E-state index is 0. The van der Waals surface area contributed by atoms with Crippen molar-refractivity contribution in [2.75, 3.05) is 0 Å². The van der Waals surface area contributed by atoms with Gasteiger partial charge in [-0.05, 0) is 0 Å². The molecule has 0 saturated carbocycles. The van der Waals surface area contributed by atoms with Crippen LogP contribution in [0.2, 0.25) is 0 Å². The van der Waals surface area contributed by atoms with Gasteiger partial charge in [-0.1, -0.05) is 0 Å². The first-order valence-electron chi connectivity index (χ1n) is 0. The summed E-state index contributed by atoms with van der Waals surface area (Å²) in [6, 6.07) is 0. The molecule has 6 heavy (non-hydrogen) atoms. The maximum Gasteiger partial charge on any atom is 2.00 e. The summed E-state index contributed by atoms with van der Waals surface area (Å²) in [5.41, 5.74) is 0. The van der Waals surface area contributed by atoms with Gasteiger partial charge in [-0.3, -0.25) is 0 Å². The van der Waals surface area contributed by atoms with Gasteiger partial charge in [-0.15, -0.1) is 0 Å². The quantitative estimate of drug-likeness (QED) is 0.316. The summed E-state index contributed by atoms with van der Waals surface area (Å²) in [5, 5.41) is 0. The van der Waals surface area contributed by atoms with E-state index in [-0.39, 0.29) is 50.4 Å². The first-order chi connectivity index (χ1) is 0. The van der Waals surface area contributed by atoms with E-state index in [2.05, 4.69) is 0 Å². The topological polar surface area (TPSA) is 153 Å². The number of hydrogen-bond acceptors (Lipinski definition) is 3. The first kappa shape index (κ1) is 635. The summed E-state index contributed by atoms with van der Waals surface area (Å²) >= 11 is 0. The molecule has 0 heterocycles. The van der Waals surface area contributed by atoms with E-state index in [0.29, 0.717) is 0 Å². The third-order valence-electron chi connectivity index (χ3n) is 0. The van der Waals surface area contributed by atoms with E-state index in [1.165, 1.54) is 0 Å². The molecule has 0 unspecified atom stereocenters. The van der Waals surface area contributed by atoms with E-state index in [1.807, 2.05) is 0 Å². The summed E-state index contributed by atoms with van der Waals surface area (Å²) in [7, 11) is 0. The first-order valence-corrected chi connectivity index (χ1v) is 0. The molecule has 5 nitrogen and oxygen atoms in total. The molecule has 7 N–H and O–H groups in total. The van der Waals surface area contributed by atoms with Crippen LogP contribution in [0.1, 0.15) is 0 Å². The van der Waals surface area contributed by atoms with Gasteiger partial charge in [0.2, 0.25) is 0 Å². The van der Waals surface area contributed by atoms with Gasteiger partial charge in [0.1, 0.15) is 0 Å². The SMILES string of the molecule is O.O.[Mg+2].[OH-].[OH-].[OH-]. The second kappa shape index (κ2) is 362. The molecule has 0 aromatic rings. The van der Waals surface area contributed by atoms with Crippen LogP contribution in [-0.2, 0) is 0 Å². The van der Waals surface area contributed by atoms with Crippen molar-refractivity contribution < 1.29 is 27.4 Å². The monoisotopic (exact) mass is 111 g/mol. The molecule has 0 bridgehead atoms. The van der Waals surface area contributed by atoms with Gasteiger partial charge >= 0.3 is 23.1 Å². The van der Waals surface area contributed by atoms with Crippen LogP contribution in [-0.4, -0.2) is 50.4 Å². The minimum atomic E-state index is 0. The van der Waals surface area contributed by atoms with Crippen LogP contribution in [0.3, 0.4) is 0 Å². The van der Waals surface area contributed by atoms with Gasteiger partial charge in [0, 0.05) is 0 Å². The molecule has 0 aliphatic carbocycles. The van der Waals surface area contributed by atoms with Crippen molar-refractivity contribution in [1.29, 1.82) is 0 Å². The average Bonchev–Trinajstić information content (AvgIpc) is 0. The third-order valence-corrected chi connectivity index (χ3v) is 0. The molecule has 0 aromatic heterocycles. The number of hydrogen-bond donors (Lipinski definition) is 0. The fraction of sp³-hybridized carbons (Fsp3) is 0. The van der Waals surface area contributed by atoms with Crippen molar-refractivity contribution >= 4 is 23.1 Å². The summed E-state index contributed by atoms with van der Waals surface area (Å²) < 4.78 is 0. The fourth-order valence-corrected chi connectivity index (χ4v) is 0. The van der Waals surface area contributed by atoms with Crippen molar-refractivity contribution in [1.82, 2.24) is 0 Å². The number of rotatable bonds is 0. The standard InChI is InChI=1S/Mg.5H2O/h;5*1H2/q+2;;;;;/p-3. The Morgan fingerprint density at radius 3 is 0.500 bits per heavy atom. The summed E-state index contributed by atoms with van der Waals surface area (Å²) in [6.45, 7) is 0.